The number of benzene rings is 6. The Morgan fingerprint density at radius 1 is 0.507 bits per heavy atom. The molecule has 67 heavy (non-hydrogen) atoms. The molecule has 0 saturated carbocycles. The number of amides is 4. The number of nitrogens with one attached hydrogen (secondary N) is 4. The zero-order valence-corrected chi connectivity index (χ0v) is 37.7. The number of hydrogen-bond acceptors (Lipinski definition) is 11. The Morgan fingerprint density at radius 2 is 0.940 bits per heavy atom. The molecule has 0 saturated heterocycles. The summed E-state index contributed by atoms with van der Waals surface area (Å²) in [7, 11) is 1.39. The van der Waals surface area contributed by atoms with Crippen LogP contribution in [0, 0.1) is 6.92 Å². The average Bonchev–Trinajstić information content (AvgIpc) is 3.32. The molecule has 6 aromatic rings. The van der Waals surface area contributed by atoms with Gasteiger partial charge in [0.05, 0.1) is 22.3 Å². The molecule has 14 nitrogen and oxygen atoms in total. The summed E-state index contributed by atoms with van der Waals surface area (Å²) < 4.78 is 10.4. The van der Waals surface area contributed by atoms with Crippen molar-refractivity contribution in [3.63, 3.8) is 0 Å². The second kappa shape index (κ2) is 21.5. The van der Waals surface area contributed by atoms with Crippen molar-refractivity contribution in [2.75, 3.05) is 36.2 Å². The third-order valence-electron chi connectivity index (χ3n) is 10.1. The molecule has 0 aliphatic carbocycles. The van der Waals surface area contributed by atoms with Gasteiger partial charge in [0.1, 0.15) is 0 Å². The highest BCUT2D eigenvalue weighted by Gasteiger charge is 2.23. The fourth-order valence-corrected chi connectivity index (χ4v) is 7.26. The monoisotopic (exact) mass is 916 g/mol. The lowest BCUT2D eigenvalue weighted by Crippen LogP contribution is -2.23. The summed E-state index contributed by atoms with van der Waals surface area (Å²) >= 11 is 1.10. The van der Waals surface area contributed by atoms with E-state index in [4.69, 9.17) is 9.47 Å². The Balaban J connectivity index is 1.21. The highest BCUT2D eigenvalue weighted by Crippen LogP contribution is 2.33. The lowest BCUT2D eigenvalue weighted by atomic mass is 10.1. The van der Waals surface area contributed by atoms with Gasteiger partial charge in [0.2, 0.25) is 0 Å². The number of aryl methyl sites for hydroxylation is 1. The van der Waals surface area contributed by atoms with E-state index in [1.807, 2.05) is 31.2 Å². The van der Waals surface area contributed by atoms with Crippen LogP contribution in [0.25, 0.3) is 10.8 Å². The normalized spacial score (nSPS) is 10.6. The Kier molecular flexibility index (Phi) is 15.4. The summed E-state index contributed by atoms with van der Waals surface area (Å²) in [6, 6.07) is 32.7. The zero-order chi connectivity index (χ0) is 48.4. The van der Waals surface area contributed by atoms with Gasteiger partial charge in [0.25, 0.3) is 23.6 Å². The number of hydrogen-bond donors (Lipinski definition) is 4. The van der Waals surface area contributed by atoms with Gasteiger partial charge >= 0.3 is 11.9 Å². The van der Waals surface area contributed by atoms with E-state index < -0.39 is 54.4 Å². The number of carbonyl (C=O) groups excluding carboxylic acids is 8. The number of fused-ring (bicyclic) bond motifs is 1. The van der Waals surface area contributed by atoms with E-state index in [0.29, 0.717) is 37.5 Å². The highest BCUT2D eigenvalue weighted by molar-refractivity contribution is 7.99. The molecule has 15 heteroatoms. The van der Waals surface area contributed by atoms with E-state index >= 15 is 0 Å². The molecule has 0 aromatic heterocycles. The number of anilines is 3. The van der Waals surface area contributed by atoms with Gasteiger partial charge in [0.15, 0.2) is 24.8 Å². The second-order valence-corrected chi connectivity index (χ2v) is 16.3. The van der Waals surface area contributed by atoms with Gasteiger partial charge < -0.3 is 30.7 Å². The largest absolute Gasteiger partial charge is 0.454 e. The minimum Gasteiger partial charge on any atom is -0.454 e. The zero-order valence-electron chi connectivity index (χ0n) is 36.9. The van der Waals surface area contributed by atoms with Crippen LogP contribution in [0.15, 0.2) is 155 Å². The minimum absolute atomic E-state index is 0.0384. The molecular formula is C52H44N4O10S. The van der Waals surface area contributed by atoms with Crippen LogP contribution in [0.1, 0.15) is 81.6 Å². The quantitative estimate of drug-likeness (QED) is 0.0502. The van der Waals surface area contributed by atoms with E-state index in [-0.39, 0.29) is 50.6 Å². The van der Waals surface area contributed by atoms with Crippen LogP contribution in [0.4, 0.5) is 17.1 Å². The lowest BCUT2D eigenvalue weighted by Gasteiger charge is -2.14. The number of carbonyl (C=O) groups is 8. The lowest BCUT2D eigenvalue weighted by molar-refractivity contribution is -0.119. The SMILES string of the molecule is C=C(C)C(=O)COC(=O)c1ccc(Sc2ccc(C(=O)OCC(=O)C(=C)C)c(C(=O)Nc3ccc(C(=O)Nc4cccc5c(NC(=O)c6ccc(C)cc6)cccc45)cc3)c2)cc1C(=O)NC. The third kappa shape index (κ3) is 12.0. The standard InChI is InChI=1S/C52H44N4O10S/c1-29(2)45(57)27-65-51(63)39-23-21-35(25-41(39)49(61)53-6)67-36-22-24-40(52(64)66-28-46(58)30(3)4)42(26-36)50(62)54-34-19-17-33(18-20-34)48(60)56-44-12-8-9-37-38(44)10-7-11-43(37)55-47(59)32-15-13-31(5)14-16-32/h7-26H,1,3,27-28H2,2,4-6H3,(H,53,61)(H,54,62)(H,55,59)(H,56,60). The maximum absolute atomic E-state index is 14.0. The molecule has 0 spiro atoms. The minimum atomic E-state index is -0.951. The van der Waals surface area contributed by atoms with Crippen molar-refractivity contribution in [2.24, 2.45) is 0 Å². The van der Waals surface area contributed by atoms with Gasteiger partial charge in [-0.2, -0.15) is 0 Å². The topological polar surface area (TPSA) is 203 Å². The molecule has 0 aliphatic heterocycles. The number of esters is 2. The Morgan fingerprint density at radius 3 is 1.37 bits per heavy atom. The molecule has 6 rings (SSSR count). The van der Waals surface area contributed by atoms with Crippen molar-refractivity contribution in [2.45, 2.75) is 30.6 Å². The number of Topliss-reactive ketones (excluding diaryl/α,β-unsaturated/α-hetero) is 2. The first-order chi connectivity index (χ1) is 32.0. The van der Waals surface area contributed by atoms with Crippen LogP contribution in [-0.2, 0) is 19.1 Å². The Bertz CT molecular complexity index is 3020. The first-order valence-electron chi connectivity index (χ1n) is 20.5. The van der Waals surface area contributed by atoms with Crippen molar-refractivity contribution in [3.8, 4) is 0 Å². The van der Waals surface area contributed by atoms with E-state index in [1.165, 1.54) is 75.5 Å². The summed E-state index contributed by atoms with van der Waals surface area (Å²) in [5.74, 6) is -4.88. The summed E-state index contributed by atoms with van der Waals surface area (Å²) in [6.45, 7) is 10.9. The molecular weight excluding hydrogens is 873 g/mol. The van der Waals surface area contributed by atoms with Crippen LogP contribution in [0.3, 0.4) is 0 Å². The summed E-state index contributed by atoms with van der Waals surface area (Å²) in [6.07, 6.45) is 0. The smallest absolute Gasteiger partial charge is 0.339 e. The Labute approximate surface area is 389 Å². The van der Waals surface area contributed by atoms with Crippen LogP contribution in [0.5, 0.6) is 0 Å². The maximum Gasteiger partial charge on any atom is 0.339 e. The van der Waals surface area contributed by atoms with E-state index in [9.17, 15) is 38.4 Å². The maximum atomic E-state index is 14.0. The first-order valence-corrected chi connectivity index (χ1v) is 21.4. The van der Waals surface area contributed by atoms with Gasteiger partial charge in [0, 0.05) is 55.8 Å². The van der Waals surface area contributed by atoms with E-state index in [2.05, 4.69) is 34.4 Å². The molecule has 0 unspecified atom stereocenters. The van der Waals surface area contributed by atoms with Crippen molar-refractivity contribution in [3.05, 3.63) is 185 Å². The number of ether oxygens (including phenoxy) is 2. The molecule has 0 radical (unpaired) electrons. The van der Waals surface area contributed by atoms with Crippen LogP contribution in [-0.4, -0.2) is 67.4 Å². The second-order valence-electron chi connectivity index (χ2n) is 15.2. The Hall–Kier alpha value is -8.43. The van der Waals surface area contributed by atoms with E-state index in [1.54, 1.807) is 42.5 Å². The van der Waals surface area contributed by atoms with Gasteiger partial charge in [-0.25, -0.2) is 9.59 Å². The molecule has 0 bridgehead atoms. The van der Waals surface area contributed by atoms with Gasteiger partial charge in [-0.3, -0.25) is 28.8 Å². The molecule has 0 heterocycles. The van der Waals surface area contributed by atoms with Gasteiger partial charge in [-0.05, 0) is 117 Å². The predicted octanol–water partition coefficient (Wildman–Crippen LogP) is 9.02. The third-order valence-corrected chi connectivity index (χ3v) is 11.1. The molecule has 6 aromatic carbocycles. The van der Waals surface area contributed by atoms with Crippen LogP contribution >= 0.6 is 11.8 Å². The molecule has 0 atom stereocenters. The number of ketones is 2. The van der Waals surface area contributed by atoms with Crippen LogP contribution < -0.4 is 21.3 Å². The number of rotatable bonds is 17. The fourth-order valence-electron chi connectivity index (χ4n) is 6.37. The highest BCUT2D eigenvalue weighted by atomic mass is 32.2. The predicted molar refractivity (Wildman–Crippen MR) is 256 cm³/mol. The first kappa shape index (κ1) is 48.0. The van der Waals surface area contributed by atoms with E-state index in [0.717, 1.165) is 17.3 Å². The molecule has 0 aliphatic rings. The van der Waals surface area contributed by atoms with Crippen molar-refractivity contribution in [1.29, 1.82) is 0 Å². The fraction of sp³-hybridized carbons (Fsp3) is 0.115. The summed E-state index contributed by atoms with van der Waals surface area (Å²) in [5.41, 5.74) is 3.11. The van der Waals surface area contributed by atoms with Crippen molar-refractivity contribution < 1.29 is 47.8 Å². The molecule has 0 fully saturated rings. The van der Waals surface area contributed by atoms with Gasteiger partial charge in [-0.15, -0.1) is 0 Å². The average molecular weight is 917 g/mol. The summed E-state index contributed by atoms with van der Waals surface area (Å²) in [4.78, 5) is 105. The van der Waals surface area contributed by atoms with Crippen molar-refractivity contribution >= 4 is 86.7 Å². The molecule has 4 amide bonds. The molecule has 338 valence electrons. The van der Waals surface area contributed by atoms with Crippen molar-refractivity contribution in [1.82, 2.24) is 5.32 Å². The van der Waals surface area contributed by atoms with Crippen LogP contribution in [0.2, 0.25) is 0 Å². The molecule has 4 N–H and O–H groups in total. The van der Waals surface area contributed by atoms with Gasteiger partial charge in [-0.1, -0.05) is 66.9 Å². The summed E-state index contributed by atoms with van der Waals surface area (Å²) in [5, 5.41) is 12.5.